The Morgan fingerprint density at radius 3 is 2.00 bits per heavy atom. The van der Waals surface area contributed by atoms with E-state index in [2.05, 4.69) is 0 Å². The fraction of sp³-hybridized carbons (Fsp3) is 0.273. The maximum Gasteiger partial charge on any atom is 0.329 e. The van der Waals surface area contributed by atoms with Crippen LogP contribution in [0.15, 0.2) is 30.3 Å². The SMILES string of the molecule is N[C@@H](Cc1ccccc1)C(=O)O.O=C(O)CO. The fourth-order valence-electron chi connectivity index (χ4n) is 0.955. The van der Waals surface area contributed by atoms with Gasteiger partial charge in [0.2, 0.25) is 0 Å². The van der Waals surface area contributed by atoms with Gasteiger partial charge >= 0.3 is 11.9 Å². The van der Waals surface area contributed by atoms with Crippen LogP contribution in [-0.4, -0.2) is 39.9 Å². The van der Waals surface area contributed by atoms with Crippen LogP contribution in [0.2, 0.25) is 0 Å². The Morgan fingerprint density at radius 1 is 1.18 bits per heavy atom. The van der Waals surface area contributed by atoms with Crippen LogP contribution in [0, 0.1) is 0 Å². The van der Waals surface area contributed by atoms with E-state index in [1.807, 2.05) is 30.3 Å². The van der Waals surface area contributed by atoms with Crippen molar-refractivity contribution < 1.29 is 24.9 Å². The maximum absolute atomic E-state index is 10.4. The highest BCUT2D eigenvalue weighted by atomic mass is 16.4. The van der Waals surface area contributed by atoms with Crippen molar-refractivity contribution in [2.24, 2.45) is 5.73 Å². The van der Waals surface area contributed by atoms with Gasteiger partial charge < -0.3 is 21.1 Å². The molecule has 0 aliphatic heterocycles. The lowest BCUT2D eigenvalue weighted by Crippen LogP contribution is -2.32. The number of nitrogens with two attached hydrogens (primary N) is 1. The van der Waals surface area contributed by atoms with Crippen molar-refractivity contribution in [3.63, 3.8) is 0 Å². The molecule has 0 aromatic heterocycles. The van der Waals surface area contributed by atoms with Crippen LogP contribution in [-0.2, 0) is 16.0 Å². The summed E-state index contributed by atoms with van der Waals surface area (Å²) in [5.41, 5.74) is 6.30. The molecule has 0 saturated carbocycles. The molecule has 0 unspecified atom stereocenters. The monoisotopic (exact) mass is 241 g/mol. The average Bonchev–Trinajstić information content (AvgIpc) is 2.31. The van der Waals surface area contributed by atoms with Crippen LogP contribution in [0.1, 0.15) is 5.56 Å². The summed E-state index contributed by atoms with van der Waals surface area (Å²) < 4.78 is 0. The first-order chi connectivity index (χ1) is 7.97. The molecule has 0 saturated heterocycles. The molecule has 1 atom stereocenters. The van der Waals surface area contributed by atoms with Crippen LogP contribution >= 0.6 is 0 Å². The number of hydrogen-bond acceptors (Lipinski definition) is 4. The first-order valence-corrected chi connectivity index (χ1v) is 4.82. The summed E-state index contributed by atoms with van der Waals surface area (Å²) in [6, 6.07) is 8.54. The fourth-order valence-corrected chi connectivity index (χ4v) is 0.955. The predicted octanol–water partition coefficient (Wildman–Crippen LogP) is -0.296. The van der Waals surface area contributed by atoms with E-state index in [9.17, 15) is 4.79 Å². The molecule has 6 nitrogen and oxygen atoms in total. The molecule has 94 valence electrons. The van der Waals surface area contributed by atoms with Gasteiger partial charge in [-0.1, -0.05) is 30.3 Å². The van der Waals surface area contributed by atoms with E-state index in [1.54, 1.807) is 0 Å². The third kappa shape index (κ3) is 7.95. The average molecular weight is 241 g/mol. The smallest absolute Gasteiger partial charge is 0.329 e. The number of rotatable bonds is 4. The van der Waals surface area contributed by atoms with Crippen molar-refractivity contribution in [3.05, 3.63) is 35.9 Å². The van der Waals surface area contributed by atoms with Gasteiger partial charge in [0.05, 0.1) is 0 Å². The third-order valence-corrected chi connectivity index (χ3v) is 1.75. The van der Waals surface area contributed by atoms with E-state index in [-0.39, 0.29) is 0 Å². The zero-order valence-electron chi connectivity index (χ0n) is 9.11. The second-order valence-electron chi connectivity index (χ2n) is 3.19. The Morgan fingerprint density at radius 2 is 1.65 bits per heavy atom. The van der Waals surface area contributed by atoms with E-state index < -0.39 is 24.6 Å². The maximum atomic E-state index is 10.4. The van der Waals surface area contributed by atoms with Gasteiger partial charge in [-0.05, 0) is 12.0 Å². The Bertz CT molecular complexity index is 352. The largest absolute Gasteiger partial charge is 0.480 e. The van der Waals surface area contributed by atoms with Crippen LogP contribution in [0.4, 0.5) is 0 Å². The lowest BCUT2D eigenvalue weighted by atomic mass is 10.1. The quantitative estimate of drug-likeness (QED) is 0.574. The van der Waals surface area contributed by atoms with Gasteiger partial charge in [0.1, 0.15) is 12.6 Å². The van der Waals surface area contributed by atoms with E-state index in [0.29, 0.717) is 6.42 Å². The number of aliphatic hydroxyl groups excluding tert-OH is 1. The second-order valence-corrected chi connectivity index (χ2v) is 3.19. The van der Waals surface area contributed by atoms with Crippen LogP contribution in [0.25, 0.3) is 0 Å². The molecule has 1 aromatic rings. The number of aliphatic carboxylic acids is 2. The highest BCUT2D eigenvalue weighted by molar-refractivity contribution is 5.73. The standard InChI is InChI=1S/C9H11NO2.C2H4O3/c10-8(9(11)12)6-7-4-2-1-3-5-7;3-1-2(4)5/h1-5,8H,6,10H2,(H,11,12);3H,1H2,(H,4,5)/t8-;/m0./s1. The summed E-state index contributed by atoms with van der Waals surface area (Å²) >= 11 is 0. The molecule has 0 amide bonds. The second kappa shape index (κ2) is 8.26. The molecule has 0 bridgehead atoms. The Labute approximate surface area is 98.3 Å². The summed E-state index contributed by atoms with van der Waals surface area (Å²) in [6.45, 7) is -0.778. The molecule has 5 N–H and O–H groups in total. The summed E-state index contributed by atoms with van der Waals surface area (Å²) in [5.74, 6) is -2.15. The molecule has 1 aromatic carbocycles. The molecule has 0 aliphatic rings. The number of carboxylic acid groups (broad SMARTS) is 2. The van der Waals surface area contributed by atoms with Gasteiger partial charge in [-0.25, -0.2) is 4.79 Å². The number of carbonyl (C=O) groups is 2. The molecule has 0 heterocycles. The molecule has 17 heavy (non-hydrogen) atoms. The minimum absolute atomic E-state index is 0.385. The van der Waals surface area contributed by atoms with Gasteiger partial charge in [0.15, 0.2) is 0 Å². The minimum Gasteiger partial charge on any atom is -0.480 e. The van der Waals surface area contributed by atoms with Gasteiger partial charge in [-0.3, -0.25) is 4.79 Å². The lowest BCUT2D eigenvalue weighted by Gasteiger charge is -2.04. The predicted molar refractivity (Wildman–Crippen MR) is 60.5 cm³/mol. The Hall–Kier alpha value is -1.92. The van der Waals surface area contributed by atoms with Crippen molar-refractivity contribution in [2.75, 3.05) is 6.61 Å². The van der Waals surface area contributed by atoms with Crippen molar-refractivity contribution in [3.8, 4) is 0 Å². The van der Waals surface area contributed by atoms with Gasteiger partial charge in [-0.15, -0.1) is 0 Å². The first-order valence-electron chi connectivity index (χ1n) is 4.82. The normalized spacial score (nSPS) is 10.9. The summed E-state index contributed by atoms with van der Waals surface area (Å²) in [7, 11) is 0. The Kier molecular flexibility index (Phi) is 7.32. The number of aliphatic hydroxyl groups is 1. The van der Waals surface area contributed by atoms with E-state index in [4.69, 9.17) is 25.8 Å². The summed E-state index contributed by atoms with van der Waals surface area (Å²) in [4.78, 5) is 19.5. The van der Waals surface area contributed by atoms with Crippen LogP contribution < -0.4 is 5.73 Å². The number of benzene rings is 1. The summed E-state index contributed by atoms with van der Waals surface area (Å²) in [6.07, 6.45) is 0.385. The van der Waals surface area contributed by atoms with Crippen molar-refractivity contribution in [1.29, 1.82) is 0 Å². The Balaban J connectivity index is 0.000000437. The molecular formula is C11H15NO5. The van der Waals surface area contributed by atoms with E-state index >= 15 is 0 Å². The van der Waals surface area contributed by atoms with Crippen molar-refractivity contribution in [2.45, 2.75) is 12.5 Å². The van der Waals surface area contributed by atoms with E-state index in [0.717, 1.165) is 5.56 Å². The lowest BCUT2D eigenvalue weighted by molar-refractivity contribution is -0.140. The molecule has 0 spiro atoms. The van der Waals surface area contributed by atoms with Crippen molar-refractivity contribution >= 4 is 11.9 Å². The molecule has 0 fully saturated rings. The van der Waals surface area contributed by atoms with Crippen LogP contribution in [0.5, 0.6) is 0 Å². The van der Waals surface area contributed by atoms with E-state index in [1.165, 1.54) is 0 Å². The molecule has 1 rings (SSSR count). The number of hydrogen-bond donors (Lipinski definition) is 4. The van der Waals surface area contributed by atoms with Gasteiger partial charge in [0.25, 0.3) is 0 Å². The first kappa shape index (κ1) is 15.1. The zero-order chi connectivity index (χ0) is 13.3. The van der Waals surface area contributed by atoms with Gasteiger partial charge in [0, 0.05) is 0 Å². The van der Waals surface area contributed by atoms with Crippen LogP contribution in [0.3, 0.4) is 0 Å². The molecule has 0 aliphatic carbocycles. The third-order valence-electron chi connectivity index (χ3n) is 1.75. The zero-order valence-corrected chi connectivity index (χ0v) is 9.11. The molecule has 6 heteroatoms. The highest BCUT2D eigenvalue weighted by Crippen LogP contribution is 2.01. The highest BCUT2D eigenvalue weighted by Gasteiger charge is 2.10. The minimum atomic E-state index is -1.19. The van der Waals surface area contributed by atoms with Crippen molar-refractivity contribution in [1.82, 2.24) is 0 Å². The topological polar surface area (TPSA) is 121 Å². The number of carboxylic acids is 2. The summed E-state index contributed by atoms with van der Waals surface area (Å²) in [5, 5.41) is 23.5. The molecule has 0 radical (unpaired) electrons. The molecular weight excluding hydrogens is 226 g/mol. The van der Waals surface area contributed by atoms with Gasteiger partial charge in [-0.2, -0.15) is 0 Å².